The van der Waals surface area contributed by atoms with E-state index in [2.05, 4.69) is 4.98 Å². The lowest BCUT2D eigenvalue weighted by molar-refractivity contribution is -0.140. The minimum absolute atomic E-state index is 0.402. The lowest BCUT2D eigenvalue weighted by Crippen LogP contribution is -2.04. The minimum atomic E-state index is -4.44. The lowest BCUT2D eigenvalue weighted by Gasteiger charge is -2.05. The van der Waals surface area contributed by atoms with Gasteiger partial charge in [-0.1, -0.05) is 47.1 Å². The third-order valence-electron chi connectivity index (χ3n) is 3.26. The number of halogens is 5. The molecule has 124 valence electrons. The van der Waals surface area contributed by atoms with Crippen LogP contribution in [-0.2, 0) is 6.18 Å². The van der Waals surface area contributed by atoms with Crippen LogP contribution >= 0.6 is 35.0 Å². The molecule has 0 atom stereocenters. The molecular weight excluding hydrogens is 378 g/mol. The molecule has 0 aliphatic heterocycles. The van der Waals surface area contributed by atoms with Gasteiger partial charge in [-0.15, -0.1) is 0 Å². The van der Waals surface area contributed by atoms with Crippen molar-refractivity contribution >= 4 is 35.0 Å². The molecule has 0 amide bonds. The molecule has 0 fully saturated rings. The van der Waals surface area contributed by atoms with Crippen molar-refractivity contribution in [2.45, 2.75) is 16.0 Å². The van der Waals surface area contributed by atoms with Gasteiger partial charge in [-0.25, -0.2) is 0 Å². The maximum absolute atomic E-state index is 13.1. The highest BCUT2D eigenvalue weighted by Gasteiger charge is 2.34. The summed E-state index contributed by atoms with van der Waals surface area (Å²) in [6, 6.07) is 14.7. The van der Waals surface area contributed by atoms with Gasteiger partial charge in [-0.05, 0) is 48.0 Å². The van der Waals surface area contributed by atoms with Crippen molar-refractivity contribution in [1.82, 2.24) is 4.98 Å². The SMILES string of the molecule is FC(F)(F)c1cc(Sc2ccc(Cl)cc2)c(-c2ccc(Cl)cc2)[nH]1. The molecule has 0 aliphatic carbocycles. The molecule has 0 saturated heterocycles. The third-order valence-corrected chi connectivity index (χ3v) is 4.81. The summed E-state index contributed by atoms with van der Waals surface area (Å²) in [5, 5.41) is 1.09. The van der Waals surface area contributed by atoms with Crippen molar-refractivity contribution in [3.63, 3.8) is 0 Å². The number of aromatic nitrogens is 1. The second-order valence-electron chi connectivity index (χ2n) is 4.98. The molecule has 0 radical (unpaired) electrons. The van der Waals surface area contributed by atoms with E-state index in [1.165, 1.54) is 11.8 Å². The van der Waals surface area contributed by atoms with Gasteiger partial charge in [0, 0.05) is 19.8 Å². The number of hydrogen-bond donors (Lipinski definition) is 1. The Balaban J connectivity index is 2.04. The van der Waals surface area contributed by atoms with E-state index in [1.807, 2.05) is 0 Å². The number of alkyl halides is 3. The smallest absolute Gasteiger partial charge is 0.350 e. The standard InChI is InChI=1S/C17H10Cl2F3NS/c18-11-3-1-10(2-4-11)16-14(9-15(23-16)17(20,21)22)24-13-7-5-12(19)6-8-13/h1-9,23H. The van der Waals surface area contributed by atoms with Gasteiger partial charge in [0.05, 0.1) is 5.69 Å². The molecule has 3 aromatic rings. The summed E-state index contributed by atoms with van der Waals surface area (Å²) in [5.74, 6) is 0. The van der Waals surface area contributed by atoms with Crippen molar-refractivity contribution in [3.05, 3.63) is 70.3 Å². The Bertz CT molecular complexity index is 840. The number of H-pyrrole nitrogens is 1. The first-order chi connectivity index (χ1) is 11.3. The predicted octanol–water partition coefficient (Wildman–Crippen LogP) is 7.16. The zero-order valence-corrected chi connectivity index (χ0v) is 14.3. The fourth-order valence-electron chi connectivity index (χ4n) is 2.13. The molecule has 7 heteroatoms. The fourth-order valence-corrected chi connectivity index (χ4v) is 3.36. The van der Waals surface area contributed by atoms with E-state index in [0.717, 1.165) is 11.0 Å². The number of rotatable bonds is 3. The first-order valence-corrected chi connectivity index (χ1v) is 8.40. The van der Waals surface area contributed by atoms with Crippen LogP contribution in [0.1, 0.15) is 5.69 Å². The number of benzene rings is 2. The van der Waals surface area contributed by atoms with Crippen molar-refractivity contribution in [3.8, 4) is 11.3 Å². The second kappa shape index (κ2) is 6.75. The summed E-state index contributed by atoms with van der Waals surface area (Å²) in [4.78, 5) is 3.75. The predicted molar refractivity (Wildman–Crippen MR) is 91.8 cm³/mol. The Labute approximate surface area is 150 Å². The summed E-state index contributed by atoms with van der Waals surface area (Å²) < 4.78 is 39.2. The van der Waals surface area contributed by atoms with Crippen molar-refractivity contribution in [1.29, 1.82) is 0 Å². The Morgan fingerprint density at radius 1 is 0.833 bits per heavy atom. The van der Waals surface area contributed by atoms with Gasteiger partial charge < -0.3 is 4.98 Å². The van der Waals surface area contributed by atoms with E-state index in [4.69, 9.17) is 23.2 Å². The largest absolute Gasteiger partial charge is 0.431 e. The first kappa shape index (κ1) is 17.3. The van der Waals surface area contributed by atoms with Crippen LogP contribution in [0.3, 0.4) is 0 Å². The molecule has 2 aromatic carbocycles. The van der Waals surface area contributed by atoms with Crippen molar-refractivity contribution < 1.29 is 13.2 Å². The number of hydrogen-bond acceptors (Lipinski definition) is 1. The molecule has 0 saturated carbocycles. The highest BCUT2D eigenvalue weighted by atomic mass is 35.5. The molecule has 0 spiro atoms. The Morgan fingerprint density at radius 3 is 1.92 bits per heavy atom. The average Bonchev–Trinajstić information content (AvgIpc) is 2.94. The first-order valence-electron chi connectivity index (χ1n) is 6.82. The van der Waals surface area contributed by atoms with E-state index >= 15 is 0 Å². The van der Waals surface area contributed by atoms with Crippen molar-refractivity contribution in [2.24, 2.45) is 0 Å². The van der Waals surface area contributed by atoms with E-state index in [9.17, 15) is 13.2 Å². The average molecular weight is 388 g/mol. The molecule has 0 aliphatic rings. The maximum atomic E-state index is 13.1. The second-order valence-corrected chi connectivity index (χ2v) is 6.97. The van der Waals surface area contributed by atoms with Gasteiger partial charge in [0.1, 0.15) is 5.69 Å². The number of aromatic amines is 1. The minimum Gasteiger partial charge on any atom is -0.350 e. The topological polar surface area (TPSA) is 15.8 Å². The van der Waals surface area contributed by atoms with E-state index in [1.54, 1.807) is 48.5 Å². The van der Waals surface area contributed by atoms with Crippen LogP contribution in [-0.4, -0.2) is 4.98 Å². The zero-order valence-electron chi connectivity index (χ0n) is 12.0. The van der Waals surface area contributed by atoms with Gasteiger partial charge >= 0.3 is 6.18 Å². The Morgan fingerprint density at radius 2 is 1.38 bits per heavy atom. The highest BCUT2D eigenvalue weighted by molar-refractivity contribution is 7.99. The lowest BCUT2D eigenvalue weighted by atomic mass is 10.2. The monoisotopic (exact) mass is 387 g/mol. The van der Waals surface area contributed by atoms with Crippen LogP contribution in [0.25, 0.3) is 11.3 Å². The Kier molecular flexibility index (Phi) is 4.85. The van der Waals surface area contributed by atoms with Gasteiger partial charge in [-0.2, -0.15) is 13.2 Å². The summed E-state index contributed by atoms with van der Waals surface area (Å²) in [5.41, 5.74) is 0.245. The van der Waals surface area contributed by atoms with Gasteiger partial charge in [0.15, 0.2) is 0 Å². The number of nitrogens with one attached hydrogen (secondary N) is 1. The van der Waals surface area contributed by atoms with Gasteiger partial charge in [0.2, 0.25) is 0 Å². The normalized spacial score (nSPS) is 11.7. The molecule has 1 N–H and O–H groups in total. The molecule has 3 rings (SSSR count). The van der Waals surface area contributed by atoms with Crippen LogP contribution < -0.4 is 0 Å². The maximum Gasteiger partial charge on any atom is 0.431 e. The van der Waals surface area contributed by atoms with Crippen LogP contribution in [0.4, 0.5) is 13.2 Å². The van der Waals surface area contributed by atoms with Crippen molar-refractivity contribution in [2.75, 3.05) is 0 Å². The summed E-state index contributed by atoms with van der Waals surface area (Å²) in [6.45, 7) is 0. The molecular formula is C17H10Cl2F3NS. The molecule has 1 aromatic heterocycles. The van der Waals surface area contributed by atoms with E-state index in [-0.39, 0.29) is 0 Å². The third kappa shape index (κ3) is 3.91. The van der Waals surface area contributed by atoms with Gasteiger partial charge in [-0.3, -0.25) is 0 Å². The van der Waals surface area contributed by atoms with Crippen LogP contribution in [0.15, 0.2) is 64.4 Å². The molecule has 1 nitrogen and oxygen atoms in total. The van der Waals surface area contributed by atoms with Crippen LogP contribution in [0.2, 0.25) is 10.0 Å². The molecule has 0 unspecified atom stereocenters. The highest BCUT2D eigenvalue weighted by Crippen LogP contribution is 2.41. The summed E-state index contributed by atoms with van der Waals surface area (Å²) in [7, 11) is 0. The zero-order chi connectivity index (χ0) is 17.3. The fraction of sp³-hybridized carbons (Fsp3) is 0.0588. The molecule has 1 heterocycles. The summed E-state index contributed by atoms with van der Waals surface area (Å²) in [6.07, 6.45) is -4.44. The molecule has 0 bridgehead atoms. The van der Waals surface area contributed by atoms with E-state index < -0.39 is 11.9 Å². The quantitative estimate of drug-likeness (QED) is 0.503. The van der Waals surface area contributed by atoms with Gasteiger partial charge in [0.25, 0.3) is 0 Å². The Hall–Kier alpha value is -1.56. The summed E-state index contributed by atoms with van der Waals surface area (Å²) >= 11 is 12.9. The van der Waals surface area contributed by atoms with Crippen LogP contribution in [0.5, 0.6) is 0 Å². The van der Waals surface area contributed by atoms with E-state index in [0.29, 0.717) is 26.2 Å². The van der Waals surface area contributed by atoms with Crippen LogP contribution in [0, 0.1) is 0 Å². The molecule has 24 heavy (non-hydrogen) atoms.